The van der Waals surface area contributed by atoms with Gasteiger partial charge in [-0.3, -0.25) is 0 Å². The molecule has 20 heavy (non-hydrogen) atoms. The van der Waals surface area contributed by atoms with Crippen molar-refractivity contribution < 1.29 is 4.74 Å². The first-order valence-electron chi connectivity index (χ1n) is 6.68. The minimum atomic E-state index is 0.329. The minimum Gasteiger partial charge on any atom is -0.495 e. The van der Waals surface area contributed by atoms with E-state index in [2.05, 4.69) is 24.1 Å². The number of nitrogens with zero attached hydrogens (tertiary/aromatic N) is 1. The van der Waals surface area contributed by atoms with Gasteiger partial charge < -0.3 is 10.1 Å². The quantitative estimate of drug-likeness (QED) is 0.851. The van der Waals surface area contributed by atoms with Crippen molar-refractivity contribution in [2.75, 3.05) is 13.7 Å². The van der Waals surface area contributed by atoms with Crippen LogP contribution in [0.5, 0.6) is 5.75 Å². The molecule has 0 aliphatic heterocycles. The highest BCUT2D eigenvalue weighted by Gasteiger charge is 2.11. The topological polar surface area (TPSA) is 34.2 Å². The molecule has 0 radical (unpaired) electrons. The molecule has 0 amide bonds. The van der Waals surface area contributed by atoms with Gasteiger partial charge in [-0.2, -0.15) is 0 Å². The lowest BCUT2D eigenvalue weighted by Crippen LogP contribution is -2.18. The zero-order chi connectivity index (χ0) is 14.5. The van der Waals surface area contributed by atoms with Crippen molar-refractivity contribution in [2.24, 2.45) is 0 Å². The standard InChI is InChI=1S/C15H19ClN2OS/c1-4-7-17-10(2)14-9-18-15(20-14)11-5-6-13(19-3)12(16)8-11/h5-6,8-10,17H,4,7H2,1-3H3. The fourth-order valence-electron chi connectivity index (χ4n) is 1.88. The van der Waals surface area contributed by atoms with Crippen LogP contribution < -0.4 is 10.1 Å². The van der Waals surface area contributed by atoms with E-state index in [1.165, 1.54) is 4.88 Å². The zero-order valence-corrected chi connectivity index (χ0v) is 13.5. The third-order valence-corrected chi connectivity index (χ3v) is 4.57. The van der Waals surface area contributed by atoms with Crippen molar-refractivity contribution in [3.8, 4) is 16.3 Å². The van der Waals surface area contributed by atoms with Gasteiger partial charge in [0.05, 0.1) is 12.1 Å². The molecule has 0 bridgehead atoms. The predicted molar refractivity (Wildman–Crippen MR) is 85.8 cm³/mol. The largest absolute Gasteiger partial charge is 0.495 e. The first-order chi connectivity index (χ1) is 9.65. The van der Waals surface area contributed by atoms with Crippen LogP contribution >= 0.6 is 22.9 Å². The Morgan fingerprint density at radius 2 is 2.25 bits per heavy atom. The molecule has 0 aliphatic rings. The molecule has 0 saturated heterocycles. The van der Waals surface area contributed by atoms with E-state index in [0.717, 1.165) is 23.5 Å². The van der Waals surface area contributed by atoms with E-state index >= 15 is 0 Å². The number of methoxy groups -OCH3 is 1. The van der Waals surface area contributed by atoms with Crippen molar-refractivity contribution in [1.29, 1.82) is 0 Å². The summed E-state index contributed by atoms with van der Waals surface area (Å²) in [5, 5.41) is 5.06. The molecule has 3 nitrogen and oxygen atoms in total. The summed E-state index contributed by atoms with van der Waals surface area (Å²) >= 11 is 7.85. The highest BCUT2D eigenvalue weighted by atomic mass is 35.5. The fraction of sp³-hybridized carbons (Fsp3) is 0.400. The van der Waals surface area contributed by atoms with Crippen molar-refractivity contribution in [2.45, 2.75) is 26.3 Å². The molecule has 0 fully saturated rings. The molecular weight excluding hydrogens is 292 g/mol. The second-order valence-electron chi connectivity index (χ2n) is 4.59. The summed E-state index contributed by atoms with van der Waals surface area (Å²) in [5.74, 6) is 0.685. The first-order valence-corrected chi connectivity index (χ1v) is 7.88. The molecule has 5 heteroatoms. The van der Waals surface area contributed by atoms with Gasteiger partial charge in [-0.25, -0.2) is 4.98 Å². The number of hydrogen-bond donors (Lipinski definition) is 1. The Hall–Kier alpha value is -1.10. The summed E-state index contributed by atoms with van der Waals surface area (Å²) < 4.78 is 5.16. The molecule has 108 valence electrons. The summed E-state index contributed by atoms with van der Waals surface area (Å²) in [6.07, 6.45) is 3.07. The first kappa shape index (κ1) is 15.3. The van der Waals surface area contributed by atoms with Crippen molar-refractivity contribution in [1.82, 2.24) is 10.3 Å². The number of benzene rings is 1. The molecule has 0 spiro atoms. The van der Waals surface area contributed by atoms with Crippen molar-refractivity contribution in [3.63, 3.8) is 0 Å². The number of aromatic nitrogens is 1. The normalized spacial score (nSPS) is 12.4. The maximum atomic E-state index is 6.16. The van der Waals surface area contributed by atoms with Crippen LogP contribution in [0.3, 0.4) is 0 Å². The fourth-order valence-corrected chi connectivity index (χ4v) is 3.08. The van der Waals surface area contributed by atoms with E-state index in [4.69, 9.17) is 16.3 Å². The van der Waals surface area contributed by atoms with Crippen molar-refractivity contribution in [3.05, 3.63) is 34.3 Å². The van der Waals surface area contributed by atoms with Gasteiger partial charge >= 0.3 is 0 Å². The van der Waals surface area contributed by atoms with Gasteiger partial charge in [-0.05, 0) is 38.1 Å². The van der Waals surface area contributed by atoms with E-state index in [1.54, 1.807) is 18.4 Å². The van der Waals surface area contributed by atoms with Gasteiger partial charge in [-0.15, -0.1) is 11.3 Å². The molecule has 1 N–H and O–H groups in total. The van der Waals surface area contributed by atoms with Gasteiger partial charge in [-0.1, -0.05) is 18.5 Å². The Morgan fingerprint density at radius 3 is 2.90 bits per heavy atom. The Morgan fingerprint density at radius 1 is 1.45 bits per heavy atom. The molecule has 0 saturated carbocycles. The molecule has 1 aromatic heterocycles. The van der Waals surface area contributed by atoms with Crippen LogP contribution in [-0.2, 0) is 0 Å². The molecule has 1 unspecified atom stereocenters. The van der Waals surface area contributed by atoms with Crippen LogP contribution in [0.1, 0.15) is 31.2 Å². The van der Waals surface area contributed by atoms with Gasteiger partial charge in [0, 0.05) is 22.7 Å². The Balaban J connectivity index is 2.18. The second kappa shape index (κ2) is 7.07. The van der Waals surface area contributed by atoms with E-state index < -0.39 is 0 Å². The van der Waals surface area contributed by atoms with E-state index in [-0.39, 0.29) is 0 Å². The monoisotopic (exact) mass is 310 g/mol. The lowest BCUT2D eigenvalue weighted by Gasteiger charge is -2.09. The lowest BCUT2D eigenvalue weighted by atomic mass is 10.2. The van der Waals surface area contributed by atoms with Crippen molar-refractivity contribution >= 4 is 22.9 Å². The number of halogens is 1. The van der Waals surface area contributed by atoms with E-state index in [0.29, 0.717) is 16.8 Å². The molecule has 1 atom stereocenters. The summed E-state index contributed by atoms with van der Waals surface area (Å²) in [6.45, 7) is 5.34. The number of nitrogens with one attached hydrogen (secondary N) is 1. The Kier molecular flexibility index (Phi) is 5.40. The van der Waals surface area contributed by atoms with Gasteiger partial charge in [0.2, 0.25) is 0 Å². The lowest BCUT2D eigenvalue weighted by molar-refractivity contribution is 0.415. The van der Waals surface area contributed by atoms with Crippen LogP contribution in [0.15, 0.2) is 24.4 Å². The minimum absolute atomic E-state index is 0.329. The SMILES string of the molecule is CCCNC(C)c1cnc(-c2ccc(OC)c(Cl)c2)s1. The summed E-state index contributed by atoms with van der Waals surface area (Å²) in [5.41, 5.74) is 1.02. The maximum Gasteiger partial charge on any atom is 0.137 e. The van der Waals surface area contributed by atoms with E-state index in [9.17, 15) is 0 Å². The summed E-state index contributed by atoms with van der Waals surface area (Å²) in [7, 11) is 1.61. The number of thiazole rings is 1. The predicted octanol–water partition coefficient (Wildman–Crippen LogP) is 4.53. The van der Waals surface area contributed by atoms with Crippen LogP contribution in [-0.4, -0.2) is 18.6 Å². The number of rotatable bonds is 6. The Bertz CT molecular complexity index is 571. The van der Waals surface area contributed by atoms with Gasteiger partial charge in [0.25, 0.3) is 0 Å². The molecule has 1 heterocycles. The highest BCUT2D eigenvalue weighted by Crippen LogP contribution is 2.33. The molecule has 0 aliphatic carbocycles. The average Bonchev–Trinajstić information content (AvgIpc) is 2.94. The van der Waals surface area contributed by atoms with E-state index in [1.807, 2.05) is 24.4 Å². The smallest absolute Gasteiger partial charge is 0.137 e. The maximum absolute atomic E-state index is 6.16. The second-order valence-corrected chi connectivity index (χ2v) is 6.06. The van der Waals surface area contributed by atoms with Crippen LogP contribution in [0.25, 0.3) is 10.6 Å². The zero-order valence-electron chi connectivity index (χ0n) is 11.9. The van der Waals surface area contributed by atoms with Crippen LogP contribution in [0.4, 0.5) is 0 Å². The molecular formula is C15H19ClN2OS. The summed E-state index contributed by atoms with van der Waals surface area (Å²) in [4.78, 5) is 5.73. The van der Waals surface area contributed by atoms with Crippen LogP contribution in [0, 0.1) is 0 Å². The highest BCUT2D eigenvalue weighted by molar-refractivity contribution is 7.15. The third-order valence-electron chi connectivity index (χ3n) is 3.05. The van der Waals surface area contributed by atoms with Gasteiger partial charge in [0.15, 0.2) is 0 Å². The van der Waals surface area contributed by atoms with Gasteiger partial charge in [0.1, 0.15) is 10.8 Å². The molecule has 2 rings (SSSR count). The Labute approximate surface area is 129 Å². The van der Waals surface area contributed by atoms with Crippen LogP contribution in [0.2, 0.25) is 5.02 Å². The average molecular weight is 311 g/mol. The number of ether oxygens (including phenoxy) is 1. The molecule has 1 aromatic carbocycles. The number of hydrogen-bond acceptors (Lipinski definition) is 4. The third kappa shape index (κ3) is 3.51. The molecule has 2 aromatic rings. The summed E-state index contributed by atoms with van der Waals surface area (Å²) in [6, 6.07) is 6.08.